The molecular formula is C7H15NO4. The van der Waals surface area contributed by atoms with Gasteiger partial charge < -0.3 is 25.7 Å². The quantitative estimate of drug-likeness (QED) is 0.319. The normalized spacial score (nSPS) is 43.0. The molecule has 0 amide bonds. The summed E-state index contributed by atoms with van der Waals surface area (Å²) in [6.45, 7) is -0.338. The Hall–Kier alpha value is -0.200. The van der Waals surface area contributed by atoms with Gasteiger partial charge in [0.05, 0.1) is 31.5 Å². The molecule has 5 heteroatoms. The Labute approximate surface area is 70.6 Å². The fourth-order valence-corrected chi connectivity index (χ4v) is 1.46. The van der Waals surface area contributed by atoms with E-state index in [1.165, 1.54) is 0 Å². The summed E-state index contributed by atoms with van der Waals surface area (Å²) in [6.07, 6.45) is -1.49. The zero-order chi connectivity index (χ0) is 9.14. The van der Waals surface area contributed by atoms with Crippen LogP contribution < -0.4 is 5.32 Å². The topological polar surface area (TPSA) is 93.0 Å². The van der Waals surface area contributed by atoms with E-state index >= 15 is 0 Å². The molecule has 1 fully saturated rings. The van der Waals surface area contributed by atoms with Gasteiger partial charge in [0.1, 0.15) is 0 Å². The van der Waals surface area contributed by atoms with Crippen LogP contribution in [-0.2, 0) is 0 Å². The van der Waals surface area contributed by atoms with Crippen LogP contribution in [0.4, 0.5) is 0 Å². The average molecular weight is 177 g/mol. The molecule has 1 heterocycles. The second kappa shape index (κ2) is 4.15. The van der Waals surface area contributed by atoms with E-state index in [4.69, 9.17) is 10.2 Å². The maximum Gasteiger partial charge on any atom is 0.0974 e. The molecule has 0 spiro atoms. The third kappa shape index (κ3) is 1.94. The Morgan fingerprint density at radius 2 is 1.83 bits per heavy atom. The molecule has 1 aliphatic rings. The number of rotatable bonds is 2. The largest absolute Gasteiger partial charge is 0.395 e. The summed E-state index contributed by atoms with van der Waals surface area (Å²) < 4.78 is 0. The molecule has 1 rings (SSSR count). The minimum Gasteiger partial charge on any atom is -0.395 e. The highest BCUT2D eigenvalue weighted by molar-refractivity contribution is 4.91. The van der Waals surface area contributed by atoms with E-state index < -0.39 is 18.2 Å². The summed E-state index contributed by atoms with van der Waals surface area (Å²) in [6, 6.07) is -0.772. The van der Waals surface area contributed by atoms with Gasteiger partial charge in [-0.1, -0.05) is 0 Å². The molecule has 5 N–H and O–H groups in total. The van der Waals surface area contributed by atoms with Gasteiger partial charge in [-0.3, -0.25) is 0 Å². The predicted octanol–water partition coefficient (Wildman–Crippen LogP) is -2.58. The smallest absolute Gasteiger partial charge is 0.0974 e. The molecule has 1 saturated heterocycles. The Kier molecular flexibility index (Phi) is 3.42. The van der Waals surface area contributed by atoms with Gasteiger partial charge in [-0.15, -0.1) is 0 Å². The van der Waals surface area contributed by atoms with Gasteiger partial charge in [0.15, 0.2) is 0 Å². The van der Waals surface area contributed by atoms with Crippen molar-refractivity contribution >= 4 is 0 Å². The fourth-order valence-electron chi connectivity index (χ4n) is 1.46. The first-order valence-corrected chi connectivity index (χ1v) is 4.03. The van der Waals surface area contributed by atoms with Crippen molar-refractivity contribution in [1.29, 1.82) is 0 Å². The molecule has 12 heavy (non-hydrogen) atoms. The lowest BCUT2D eigenvalue weighted by Crippen LogP contribution is -2.59. The van der Waals surface area contributed by atoms with Gasteiger partial charge in [0.2, 0.25) is 0 Å². The van der Waals surface area contributed by atoms with Crippen molar-refractivity contribution in [2.45, 2.75) is 30.7 Å². The van der Waals surface area contributed by atoms with Crippen LogP contribution in [0.3, 0.4) is 0 Å². The van der Waals surface area contributed by atoms with E-state index in [9.17, 15) is 10.2 Å². The lowest BCUT2D eigenvalue weighted by Gasteiger charge is -2.36. The Bertz CT molecular complexity index is 143. The summed E-state index contributed by atoms with van der Waals surface area (Å²) in [5, 5.41) is 38.9. The second-order valence-electron chi connectivity index (χ2n) is 3.13. The van der Waals surface area contributed by atoms with Gasteiger partial charge in [-0.05, 0) is 6.42 Å². The van der Waals surface area contributed by atoms with Gasteiger partial charge in [-0.2, -0.15) is 0 Å². The van der Waals surface area contributed by atoms with Crippen molar-refractivity contribution in [3.8, 4) is 0 Å². The van der Waals surface area contributed by atoms with Crippen molar-refractivity contribution in [1.82, 2.24) is 5.32 Å². The van der Waals surface area contributed by atoms with Crippen molar-refractivity contribution < 1.29 is 20.4 Å². The molecule has 0 saturated carbocycles. The van der Waals surface area contributed by atoms with E-state index in [1.54, 1.807) is 0 Å². The molecule has 4 atom stereocenters. The molecule has 0 bridgehead atoms. The highest BCUT2D eigenvalue weighted by Crippen LogP contribution is 2.13. The van der Waals surface area contributed by atoms with Crippen LogP contribution in [0.5, 0.6) is 0 Å². The highest BCUT2D eigenvalue weighted by atomic mass is 16.3. The zero-order valence-corrected chi connectivity index (χ0v) is 6.72. The van der Waals surface area contributed by atoms with Gasteiger partial charge in [0, 0.05) is 6.04 Å². The second-order valence-corrected chi connectivity index (χ2v) is 3.13. The maximum atomic E-state index is 9.30. The lowest BCUT2D eigenvalue weighted by atomic mass is 9.94. The first kappa shape index (κ1) is 9.88. The number of aliphatic hydroxyl groups is 4. The predicted molar refractivity (Wildman–Crippen MR) is 41.5 cm³/mol. The third-order valence-electron chi connectivity index (χ3n) is 2.20. The molecule has 0 aromatic rings. The van der Waals surface area contributed by atoms with Crippen molar-refractivity contribution in [3.63, 3.8) is 0 Å². The number of nitrogens with one attached hydrogen (secondary N) is 1. The van der Waals surface area contributed by atoms with Crippen molar-refractivity contribution in [2.24, 2.45) is 0 Å². The number of hydrogen-bond donors (Lipinski definition) is 5. The molecule has 5 nitrogen and oxygen atoms in total. The molecule has 1 aliphatic heterocycles. The standard InChI is InChI=1S/C7H15NO4/c9-2-4-1-6(11)7(12)5(3-10)8-4/h4-12H,1-3H2/t4-,5?,6?,7+/m0/s1. The fraction of sp³-hybridized carbons (Fsp3) is 1.00. The molecule has 0 aromatic carbocycles. The number of aliphatic hydroxyl groups excluding tert-OH is 4. The first-order valence-electron chi connectivity index (χ1n) is 4.03. The summed E-state index contributed by atoms with van der Waals surface area (Å²) in [7, 11) is 0. The van der Waals surface area contributed by atoms with Crippen LogP contribution >= 0.6 is 0 Å². The number of piperidine rings is 1. The summed E-state index contributed by atoms with van der Waals surface area (Å²) in [5.74, 6) is 0. The van der Waals surface area contributed by atoms with E-state index in [1.807, 2.05) is 0 Å². The summed E-state index contributed by atoms with van der Waals surface area (Å²) >= 11 is 0. The van der Waals surface area contributed by atoms with Gasteiger partial charge >= 0.3 is 0 Å². The van der Waals surface area contributed by atoms with Crippen LogP contribution in [0, 0.1) is 0 Å². The van der Waals surface area contributed by atoms with Crippen LogP contribution in [0.15, 0.2) is 0 Å². The SMILES string of the molecule is OCC1N[C@H](CO)CC(O)[C@@H]1O. The van der Waals surface area contributed by atoms with Gasteiger partial charge in [-0.25, -0.2) is 0 Å². The zero-order valence-electron chi connectivity index (χ0n) is 6.72. The molecule has 0 radical (unpaired) electrons. The molecular weight excluding hydrogens is 162 g/mol. The maximum absolute atomic E-state index is 9.30. The van der Waals surface area contributed by atoms with Crippen LogP contribution in [0.2, 0.25) is 0 Å². The van der Waals surface area contributed by atoms with E-state index in [0.717, 1.165) is 0 Å². The lowest BCUT2D eigenvalue weighted by molar-refractivity contribution is -0.0563. The Balaban J connectivity index is 2.52. The molecule has 0 aromatic heterocycles. The molecule has 0 aliphatic carbocycles. The summed E-state index contributed by atoms with van der Waals surface area (Å²) in [5.41, 5.74) is 0. The number of hydrogen-bond acceptors (Lipinski definition) is 5. The Morgan fingerprint density at radius 3 is 2.33 bits per heavy atom. The summed E-state index contributed by atoms with van der Waals surface area (Å²) in [4.78, 5) is 0. The van der Waals surface area contributed by atoms with Gasteiger partial charge in [0.25, 0.3) is 0 Å². The van der Waals surface area contributed by atoms with Crippen LogP contribution in [-0.4, -0.2) is 57.9 Å². The third-order valence-corrected chi connectivity index (χ3v) is 2.20. The first-order chi connectivity index (χ1) is 5.69. The van der Waals surface area contributed by atoms with E-state index in [2.05, 4.69) is 5.32 Å². The van der Waals surface area contributed by atoms with Crippen molar-refractivity contribution in [2.75, 3.05) is 13.2 Å². The van der Waals surface area contributed by atoms with E-state index in [0.29, 0.717) is 6.42 Å². The van der Waals surface area contributed by atoms with Crippen LogP contribution in [0.1, 0.15) is 6.42 Å². The molecule has 2 unspecified atom stereocenters. The highest BCUT2D eigenvalue weighted by Gasteiger charge is 2.34. The van der Waals surface area contributed by atoms with E-state index in [-0.39, 0.29) is 19.3 Å². The average Bonchev–Trinajstić information content (AvgIpc) is 2.09. The van der Waals surface area contributed by atoms with Crippen LogP contribution in [0.25, 0.3) is 0 Å². The minimum absolute atomic E-state index is 0.0969. The molecule has 72 valence electrons. The van der Waals surface area contributed by atoms with Crippen molar-refractivity contribution in [3.05, 3.63) is 0 Å². The monoisotopic (exact) mass is 177 g/mol. The Morgan fingerprint density at radius 1 is 1.17 bits per heavy atom. The minimum atomic E-state index is -0.946.